The van der Waals surface area contributed by atoms with Gasteiger partial charge in [-0.3, -0.25) is 19.2 Å². The normalized spacial score (nSPS) is 13.6. The Bertz CT molecular complexity index is 1260. The number of hydrogen-bond donors (Lipinski definition) is 8. The van der Waals surface area contributed by atoms with Gasteiger partial charge in [0, 0.05) is 7.05 Å². The first kappa shape index (κ1) is 65.3. The van der Waals surface area contributed by atoms with Crippen LogP contribution in [-0.2, 0) is 33.6 Å². The summed E-state index contributed by atoms with van der Waals surface area (Å²) in [7, 11) is 2.86. The van der Waals surface area contributed by atoms with E-state index in [1.165, 1.54) is 64.4 Å². The summed E-state index contributed by atoms with van der Waals surface area (Å²) in [6.07, 6.45) is 9.76. The van der Waals surface area contributed by atoms with Crippen molar-refractivity contribution >= 4 is 69.1 Å². The second kappa shape index (κ2) is 41.6. The number of nitrogens with one attached hydrogen (secondary N) is 7. The second-order valence-corrected chi connectivity index (χ2v) is 20.7. The smallest absolute Gasteiger partial charge is 0.0106 e. The van der Waals surface area contributed by atoms with E-state index in [0.717, 1.165) is 16.4 Å². The monoisotopic (exact) mass is 1080 g/mol. The van der Waals surface area contributed by atoms with Gasteiger partial charge < -0.3 is 27.0 Å². The number of likely N-dealkylation sites (N-methyl/N-ethyl adjacent to an activating group) is 2. The Labute approximate surface area is 387 Å². The molecule has 0 aromatic rings. The molecule has 1 aliphatic rings. The third-order valence-electron chi connectivity index (χ3n) is 8.68. The first-order valence-corrected chi connectivity index (χ1v) is 27.5. The van der Waals surface area contributed by atoms with Crippen LogP contribution in [0.1, 0.15) is 148 Å². The molecule has 18 heteroatoms. The Kier molecular flexibility index (Phi) is 43.8. The second-order valence-electron chi connectivity index (χ2n) is 15.9. The van der Waals surface area contributed by atoms with Crippen LogP contribution < -0.4 is 43.0 Å². The van der Waals surface area contributed by atoms with Gasteiger partial charge in [0.05, 0.1) is 13.1 Å². The molecule has 0 heterocycles. The van der Waals surface area contributed by atoms with E-state index >= 15 is 0 Å². The van der Waals surface area contributed by atoms with Crippen LogP contribution in [0.25, 0.3) is 0 Å². The summed E-state index contributed by atoms with van der Waals surface area (Å²) in [5.41, 5.74) is 4.85. The van der Waals surface area contributed by atoms with Gasteiger partial charge in [-0.1, -0.05) is 93.9 Å². The third kappa shape index (κ3) is 36.2. The Balaban J connectivity index is -0.000000951. The minimum absolute atomic E-state index is 0.0142. The number of hydrogen-bond acceptors (Lipinski definition) is 9. The van der Waals surface area contributed by atoms with E-state index < -0.39 is 96.3 Å². The van der Waals surface area contributed by atoms with E-state index in [1.54, 1.807) is 6.92 Å². The molecular formula is C44H89N9O8Pb. The molecule has 2 radical (unpaired) electrons. The van der Waals surface area contributed by atoms with Gasteiger partial charge in [0.15, 0.2) is 0 Å². The maximum absolute atomic E-state index is 13.4. The largest absolute Gasteiger partial charge is 0.331 e. The number of nitrogens with two attached hydrogens (primary N) is 1. The van der Waals surface area contributed by atoms with Crippen molar-refractivity contribution in [3.63, 3.8) is 0 Å². The van der Waals surface area contributed by atoms with E-state index in [-0.39, 0.29) is 35.3 Å². The zero-order valence-corrected chi connectivity index (χ0v) is 45.1. The van der Waals surface area contributed by atoms with Crippen LogP contribution in [0.4, 0.5) is 4.79 Å². The van der Waals surface area contributed by atoms with Crippen LogP contribution in [-0.4, -0.2) is 138 Å². The summed E-state index contributed by atoms with van der Waals surface area (Å²) >= 11 is -1.54. The molecule has 17 nitrogen and oxygen atoms in total. The van der Waals surface area contributed by atoms with Gasteiger partial charge in [0.2, 0.25) is 23.6 Å². The van der Waals surface area contributed by atoms with Gasteiger partial charge in [-0.15, -0.1) is 0 Å². The fraction of sp³-hybridized carbons (Fsp3) is 0.818. The molecule has 0 saturated heterocycles. The Morgan fingerprint density at radius 3 is 1.58 bits per heavy atom. The summed E-state index contributed by atoms with van der Waals surface area (Å²) in [4.78, 5) is 101. The van der Waals surface area contributed by atoms with Crippen molar-refractivity contribution in [2.75, 3.05) is 40.3 Å². The molecule has 0 spiro atoms. The molecule has 0 bridgehead atoms. The van der Waals surface area contributed by atoms with Gasteiger partial charge in [0.25, 0.3) is 0 Å². The van der Waals surface area contributed by atoms with E-state index in [4.69, 9.17) is 5.73 Å². The molecule has 0 aromatic carbocycles. The van der Waals surface area contributed by atoms with Crippen molar-refractivity contribution in [1.29, 1.82) is 0 Å². The number of carbonyl (C=O) groups is 8. The molecular weight excluding hydrogens is 990 g/mol. The van der Waals surface area contributed by atoms with Crippen LogP contribution in [0, 0.1) is 17.8 Å². The van der Waals surface area contributed by atoms with Gasteiger partial charge in [-0.05, 0) is 31.7 Å². The molecule has 362 valence electrons. The van der Waals surface area contributed by atoms with Crippen molar-refractivity contribution in [2.45, 2.75) is 176 Å². The predicted octanol–water partition coefficient (Wildman–Crippen LogP) is 3.61. The zero-order valence-electron chi connectivity index (χ0n) is 41.2. The summed E-state index contributed by atoms with van der Waals surface area (Å²) < 4.78 is 0.808. The molecule has 1 aliphatic carbocycles. The average molecular weight is 1080 g/mol. The quantitative estimate of drug-likeness (QED) is 0.0782. The van der Waals surface area contributed by atoms with Crippen molar-refractivity contribution in [3.05, 3.63) is 0 Å². The average Bonchev–Trinajstić information content (AvgIpc) is 3.22. The molecule has 1 saturated carbocycles. The number of amides is 8. The Morgan fingerprint density at radius 2 is 1.15 bits per heavy atom. The molecule has 9 N–H and O–H groups in total. The zero-order chi connectivity index (χ0) is 48.8. The van der Waals surface area contributed by atoms with Crippen molar-refractivity contribution in [1.82, 2.24) is 42.1 Å². The number of rotatable bonds is 21. The molecule has 4 atom stereocenters. The van der Waals surface area contributed by atoms with E-state index in [2.05, 4.69) is 58.0 Å². The minimum atomic E-state index is -1.54. The Hall–Kier alpha value is -3.36. The first-order valence-electron chi connectivity index (χ1n) is 22.8. The Morgan fingerprint density at radius 1 is 0.677 bits per heavy atom. The van der Waals surface area contributed by atoms with Crippen LogP contribution in [0.5, 0.6) is 0 Å². The number of nitrogens with zero attached hydrogens (tertiary/aromatic N) is 1. The van der Waals surface area contributed by atoms with Gasteiger partial charge in [-0.25, -0.2) is 0 Å². The minimum Gasteiger partial charge on any atom is -0.331 e. The first-order chi connectivity index (χ1) is 29.1. The fourth-order valence-electron chi connectivity index (χ4n) is 5.33. The summed E-state index contributed by atoms with van der Waals surface area (Å²) in [6, 6.07) is -3.73. The van der Waals surface area contributed by atoms with E-state index in [0.29, 0.717) is 12.3 Å². The van der Waals surface area contributed by atoms with Crippen LogP contribution in [0.3, 0.4) is 0 Å². The van der Waals surface area contributed by atoms with Gasteiger partial charge in [0.1, 0.15) is 6.04 Å². The standard InChI is InChI=1S/C26H45N8O8.C7H14.C4H9.C3H8.C2H7N.C2H6.Pb/c1-8-9-19(34(7)22(38)13-30-23(39)16(4)31-14-35)26(42)33-18(10-15(2)3)25(41)29-12-21(37)32-17(5)24(40)28-11-20(36)27-6;1-7-5-3-2-4-6-7;1-4(2)3;1-3-2;1-2-3;1-2;/h15-19H,8-13H2,1-7H3,(H,27,36)(H,28,40)(H,29,41)(H,30,39)(H,31,35)(H,32,37)(H,33,42);7H,2-6H2,1H3;4H,1H2,2-3H3;3H2,1-2H3;2-3H2,1H3;1-2H3;/t16-,17-,18+,19-;;;;;;/m0....../s1. The summed E-state index contributed by atoms with van der Waals surface area (Å²) in [5.74, 6) is -2.43. The van der Waals surface area contributed by atoms with E-state index in [1.807, 2.05) is 55.4 Å². The molecule has 0 unspecified atom stereocenters. The van der Waals surface area contributed by atoms with Crippen molar-refractivity contribution in [2.24, 2.45) is 23.5 Å². The predicted molar refractivity (Wildman–Crippen MR) is 251 cm³/mol. The van der Waals surface area contributed by atoms with Gasteiger partial charge >= 0.3 is 168 Å². The topological polar surface area (TPSA) is 250 Å². The van der Waals surface area contributed by atoms with Crippen molar-refractivity contribution < 1.29 is 38.4 Å². The molecule has 8 amide bonds. The molecule has 1 rings (SSSR count). The fourth-order valence-corrected chi connectivity index (χ4v) is 8.88. The van der Waals surface area contributed by atoms with Crippen LogP contribution in [0.2, 0.25) is 3.98 Å². The van der Waals surface area contributed by atoms with Crippen LogP contribution >= 0.6 is 0 Å². The van der Waals surface area contributed by atoms with Crippen molar-refractivity contribution in [3.8, 4) is 0 Å². The summed E-state index contributed by atoms with van der Waals surface area (Å²) in [5, 5.41) is 17.5. The summed E-state index contributed by atoms with van der Waals surface area (Å²) in [6.45, 7) is 24.8. The SMILES string of the molecule is CC.CC1CCCCC1.CCC.CCC[C@@H](C(=O)N[C@H](CC(C)C)C(=O)NCC(=O)N[C@@H](C)C(=O)NCC(=O)NC)N(C)C(=O)CNC(=O)[C@H](C)N[C](=O)[Pb][CH2]C(C)C.CCN. The van der Waals surface area contributed by atoms with Gasteiger partial charge in [-0.2, -0.15) is 0 Å². The maximum Gasteiger partial charge on any atom is -0.0106 e. The molecule has 0 aromatic heterocycles. The van der Waals surface area contributed by atoms with E-state index in [9.17, 15) is 38.4 Å². The third-order valence-corrected chi connectivity index (χ3v) is 14.5. The maximum atomic E-state index is 13.4. The number of carbonyl (C=O) groups excluding carboxylic acids is 8. The molecule has 62 heavy (non-hydrogen) atoms. The van der Waals surface area contributed by atoms with Crippen LogP contribution in [0.15, 0.2) is 0 Å². The molecule has 0 aliphatic heterocycles. The molecule has 1 fully saturated rings.